The topological polar surface area (TPSA) is 120 Å². The number of nitrogen functional groups attached to an aromatic ring is 1. The largest absolute Gasteiger partial charge is 0.381 e. The molecule has 0 aliphatic rings. The highest BCUT2D eigenvalue weighted by Gasteiger charge is 2.24. The van der Waals surface area contributed by atoms with Gasteiger partial charge in [-0.1, -0.05) is 36.4 Å². The number of para-hydroxylation sites is 1. The second-order valence-corrected chi connectivity index (χ2v) is 9.34. The number of rotatable bonds is 5. The summed E-state index contributed by atoms with van der Waals surface area (Å²) in [5.74, 6) is -0.350. The van der Waals surface area contributed by atoms with Gasteiger partial charge in [0.25, 0.3) is 11.5 Å². The minimum atomic E-state index is -0.556. The van der Waals surface area contributed by atoms with Crippen LogP contribution >= 0.6 is 0 Å². The first-order valence-corrected chi connectivity index (χ1v) is 12.5. The summed E-state index contributed by atoms with van der Waals surface area (Å²) in [5, 5.41) is 8.56. The van der Waals surface area contributed by atoms with Crippen LogP contribution in [0.2, 0.25) is 0 Å². The number of aryl methyl sites for hydroxylation is 1. The quantitative estimate of drug-likeness (QED) is 0.349. The number of nitrogens with zero attached hydrogens (tertiary/aromatic N) is 5. The third-order valence-electron chi connectivity index (χ3n) is 6.74. The number of anilines is 1. The number of hydrogen-bond acceptors (Lipinski definition) is 6. The van der Waals surface area contributed by atoms with Gasteiger partial charge in [0, 0.05) is 35.7 Å². The monoisotopic (exact) mass is 515 g/mol. The Morgan fingerprint density at radius 3 is 2.59 bits per heavy atom. The van der Waals surface area contributed by atoms with E-state index in [1.807, 2.05) is 80.6 Å². The zero-order chi connectivity index (χ0) is 27.1. The third kappa shape index (κ3) is 4.19. The lowest BCUT2D eigenvalue weighted by atomic mass is 9.98. The molecule has 4 aromatic heterocycles. The predicted molar refractivity (Wildman–Crippen MR) is 151 cm³/mol. The average molecular weight is 516 g/mol. The summed E-state index contributed by atoms with van der Waals surface area (Å²) in [6.45, 7) is 3.76. The first-order valence-electron chi connectivity index (χ1n) is 12.5. The zero-order valence-electron chi connectivity index (χ0n) is 21.4. The van der Waals surface area contributed by atoms with Gasteiger partial charge in [0.05, 0.1) is 11.4 Å². The van der Waals surface area contributed by atoms with Gasteiger partial charge in [-0.25, -0.2) is 9.50 Å². The van der Waals surface area contributed by atoms with E-state index in [0.29, 0.717) is 22.4 Å². The van der Waals surface area contributed by atoms with Gasteiger partial charge in [0.15, 0.2) is 11.5 Å². The number of pyridine rings is 2. The fourth-order valence-electron chi connectivity index (χ4n) is 4.96. The molecule has 0 aliphatic carbocycles. The van der Waals surface area contributed by atoms with Crippen molar-refractivity contribution in [1.82, 2.24) is 29.5 Å². The number of aromatic nitrogens is 5. The fraction of sp³-hybridized carbons (Fsp3) is 0.100. The van der Waals surface area contributed by atoms with Crippen LogP contribution in [0.1, 0.15) is 34.7 Å². The first kappa shape index (κ1) is 24.1. The highest BCUT2D eigenvalue weighted by molar-refractivity contribution is 6.04. The molecule has 6 rings (SSSR count). The van der Waals surface area contributed by atoms with Crippen molar-refractivity contribution in [2.75, 3.05) is 5.73 Å². The van der Waals surface area contributed by atoms with Crippen LogP contribution in [-0.4, -0.2) is 30.1 Å². The Labute approximate surface area is 223 Å². The van der Waals surface area contributed by atoms with Gasteiger partial charge in [-0.05, 0) is 66.8 Å². The molecule has 6 aromatic rings. The second-order valence-electron chi connectivity index (χ2n) is 9.34. The van der Waals surface area contributed by atoms with Gasteiger partial charge in [0.2, 0.25) is 0 Å². The summed E-state index contributed by atoms with van der Waals surface area (Å²) in [5.41, 5.74) is 10.4. The number of carbonyl (C=O) groups excluding carboxylic acids is 1. The fourth-order valence-corrected chi connectivity index (χ4v) is 4.96. The van der Waals surface area contributed by atoms with Gasteiger partial charge in [-0.3, -0.25) is 19.1 Å². The van der Waals surface area contributed by atoms with Crippen LogP contribution in [0, 0.1) is 6.92 Å². The van der Waals surface area contributed by atoms with E-state index >= 15 is 0 Å². The van der Waals surface area contributed by atoms with Crippen LogP contribution in [0.5, 0.6) is 0 Å². The maximum atomic E-state index is 14.3. The van der Waals surface area contributed by atoms with Crippen molar-refractivity contribution >= 4 is 28.1 Å². The van der Waals surface area contributed by atoms with Crippen molar-refractivity contribution in [3.8, 4) is 16.8 Å². The van der Waals surface area contributed by atoms with Crippen molar-refractivity contribution in [2.45, 2.75) is 19.9 Å². The summed E-state index contributed by atoms with van der Waals surface area (Å²) in [6, 6.07) is 22.1. The van der Waals surface area contributed by atoms with Gasteiger partial charge in [-0.15, -0.1) is 5.10 Å². The number of carbonyl (C=O) groups is 1. The molecule has 4 heterocycles. The van der Waals surface area contributed by atoms with Crippen LogP contribution in [0.15, 0.2) is 96.2 Å². The molecule has 0 bridgehead atoms. The summed E-state index contributed by atoms with van der Waals surface area (Å²) >= 11 is 0. The van der Waals surface area contributed by atoms with E-state index in [2.05, 4.69) is 20.4 Å². The molecule has 0 radical (unpaired) electrons. The van der Waals surface area contributed by atoms with Gasteiger partial charge in [-0.2, -0.15) is 0 Å². The molecule has 2 aromatic carbocycles. The van der Waals surface area contributed by atoms with E-state index in [1.54, 1.807) is 29.2 Å². The van der Waals surface area contributed by atoms with Gasteiger partial charge >= 0.3 is 0 Å². The molecule has 0 aliphatic heterocycles. The Morgan fingerprint density at radius 2 is 1.79 bits per heavy atom. The van der Waals surface area contributed by atoms with Crippen LogP contribution in [0.4, 0.5) is 5.82 Å². The Morgan fingerprint density at radius 1 is 0.974 bits per heavy atom. The lowest BCUT2D eigenvalue weighted by molar-refractivity contribution is 0.0941. The molecule has 1 atom stereocenters. The Kier molecular flexibility index (Phi) is 5.88. The highest BCUT2D eigenvalue weighted by Crippen LogP contribution is 2.29. The average Bonchev–Trinajstić information content (AvgIpc) is 3.28. The molecule has 0 fully saturated rings. The van der Waals surface area contributed by atoms with Crippen LogP contribution in [-0.2, 0) is 0 Å². The van der Waals surface area contributed by atoms with Crippen molar-refractivity contribution in [3.63, 3.8) is 0 Å². The lowest BCUT2D eigenvalue weighted by Gasteiger charge is -2.21. The van der Waals surface area contributed by atoms with Crippen LogP contribution in [0.25, 0.3) is 33.2 Å². The molecule has 0 unspecified atom stereocenters. The summed E-state index contributed by atoms with van der Waals surface area (Å²) in [7, 11) is 0. The van der Waals surface area contributed by atoms with E-state index in [-0.39, 0.29) is 16.9 Å². The number of hydrogen-bond donors (Lipinski definition) is 2. The van der Waals surface area contributed by atoms with Crippen molar-refractivity contribution in [1.29, 1.82) is 0 Å². The summed E-state index contributed by atoms with van der Waals surface area (Å²) in [6.07, 6.45) is 5.00. The lowest BCUT2D eigenvalue weighted by Crippen LogP contribution is -2.32. The van der Waals surface area contributed by atoms with Gasteiger partial charge in [0.1, 0.15) is 5.56 Å². The molecule has 0 saturated carbocycles. The number of nitrogens with two attached hydrogens (primary N) is 1. The first-order chi connectivity index (χ1) is 18.9. The van der Waals surface area contributed by atoms with Crippen molar-refractivity contribution < 1.29 is 4.79 Å². The predicted octanol–water partition coefficient (Wildman–Crippen LogP) is 4.48. The van der Waals surface area contributed by atoms with E-state index in [4.69, 9.17) is 5.73 Å². The Bertz CT molecular complexity index is 1930. The molecule has 0 spiro atoms. The summed E-state index contributed by atoms with van der Waals surface area (Å²) < 4.78 is 3.12. The summed E-state index contributed by atoms with van der Waals surface area (Å²) in [4.78, 5) is 36.3. The molecule has 1 amide bonds. The number of benzene rings is 2. The minimum Gasteiger partial charge on any atom is -0.381 e. The second kappa shape index (κ2) is 9.53. The number of amides is 1. The van der Waals surface area contributed by atoms with Crippen molar-refractivity contribution in [3.05, 3.63) is 119 Å². The molecule has 0 saturated heterocycles. The standard InChI is InChI=1S/C30H25N7O2/c1-18-16-20(12-14-32-18)23-11-6-8-21-17-24(37(30(39)25(21)23)22-9-4-3-5-10-22)19(2)34-29(38)26-27(31)35-36-15-7-13-33-28(26)36/h3-17,19H,1-2H3,(H2,31,35)(H,34,38)/t19-/m0/s1. The highest BCUT2D eigenvalue weighted by atomic mass is 16.2. The molecule has 9 heteroatoms. The van der Waals surface area contributed by atoms with E-state index in [1.165, 1.54) is 4.52 Å². The maximum Gasteiger partial charge on any atom is 0.263 e. The molecule has 9 nitrogen and oxygen atoms in total. The zero-order valence-corrected chi connectivity index (χ0v) is 21.4. The molecular formula is C30H25N7O2. The Balaban J connectivity index is 1.52. The third-order valence-corrected chi connectivity index (χ3v) is 6.74. The van der Waals surface area contributed by atoms with E-state index in [0.717, 1.165) is 22.2 Å². The Hall–Kier alpha value is -5.31. The minimum absolute atomic E-state index is 0.0784. The van der Waals surface area contributed by atoms with Gasteiger partial charge < -0.3 is 11.1 Å². The number of fused-ring (bicyclic) bond motifs is 2. The normalized spacial score (nSPS) is 12.1. The molecule has 192 valence electrons. The molecule has 39 heavy (non-hydrogen) atoms. The molecule has 3 N–H and O–H groups in total. The van der Waals surface area contributed by atoms with Crippen molar-refractivity contribution in [2.24, 2.45) is 0 Å². The van der Waals surface area contributed by atoms with E-state index < -0.39 is 11.9 Å². The van der Waals surface area contributed by atoms with Crippen LogP contribution < -0.4 is 16.6 Å². The smallest absolute Gasteiger partial charge is 0.263 e. The molecular weight excluding hydrogens is 490 g/mol. The number of nitrogens with one attached hydrogen (secondary N) is 1. The SMILES string of the molecule is Cc1cc(-c2cccc3cc([C@H](C)NC(=O)c4c(N)nn5cccnc45)n(-c4ccccc4)c(=O)c23)ccn1. The van der Waals surface area contributed by atoms with E-state index in [9.17, 15) is 9.59 Å². The maximum absolute atomic E-state index is 14.3. The van der Waals surface area contributed by atoms with Crippen LogP contribution in [0.3, 0.4) is 0 Å².